The summed E-state index contributed by atoms with van der Waals surface area (Å²) in [4.78, 5) is 32.1. The third-order valence-corrected chi connectivity index (χ3v) is 5.70. The maximum atomic E-state index is 12.6. The van der Waals surface area contributed by atoms with Crippen molar-refractivity contribution in [3.63, 3.8) is 0 Å². The van der Waals surface area contributed by atoms with E-state index in [1.54, 1.807) is 35.1 Å². The molecule has 8 heteroatoms. The summed E-state index contributed by atoms with van der Waals surface area (Å²) in [5.74, 6) is -0.642. The summed E-state index contributed by atoms with van der Waals surface area (Å²) >= 11 is 0. The molecule has 2 heterocycles. The van der Waals surface area contributed by atoms with Crippen LogP contribution in [0.4, 0.5) is 0 Å². The quantitative estimate of drug-likeness (QED) is 0.163. The molecule has 0 saturated carbocycles. The average Bonchev–Trinajstić information content (AvgIpc) is 3.45. The van der Waals surface area contributed by atoms with Gasteiger partial charge in [0.2, 0.25) is 0 Å². The van der Waals surface area contributed by atoms with Gasteiger partial charge in [-0.3, -0.25) is 14.5 Å². The lowest BCUT2D eigenvalue weighted by molar-refractivity contribution is 0.0640. The summed E-state index contributed by atoms with van der Waals surface area (Å²) in [7, 11) is 0. The van der Waals surface area contributed by atoms with Gasteiger partial charge >= 0.3 is 0 Å². The van der Waals surface area contributed by atoms with Gasteiger partial charge in [-0.1, -0.05) is 83.2 Å². The monoisotopic (exact) mass is 465 g/mol. The zero-order valence-corrected chi connectivity index (χ0v) is 18.9. The van der Waals surface area contributed by atoms with Gasteiger partial charge in [0, 0.05) is 12.0 Å². The molecule has 1 aliphatic rings. The Morgan fingerprint density at radius 1 is 0.829 bits per heavy atom. The molecule has 0 N–H and O–H groups in total. The molecule has 0 saturated heterocycles. The minimum atomic E-state index is -0.321. The standard InChI is InChI=1S/C27H23N5O3/c33-26-23-13-7-8-14-24(23)27(34)32(26)18-22-17-31(30-28-22)19-25(21-11-5-2-6-12-21)29-35-16-15-20-9-3-1-4-10-20/h1-14,17H,15-16,18-19H2/b29-25+. The maximum Gasteiger partial charge on any atom is 0.261 e. The zero-order chi connectivity index (χ0) is 24.0. The Balaban J connectivity index is 1.27. The van der Waals surface area contributed by atoms with E-state index in [0.717, 1.165) is 12.0 Å². The Morgan fingerprint density at radius 3 is 2.14 bits per heavy atom. The Kier molecular flexibility index (Phi) is 6.43. The highest BCUT2D eigenvalue weighted by molar-refractivity contribution is 6.21. The fourth-order valence-electron chi connectivity index (χ4n) is 3.92. The number of carbonyl (C=O) groups excluding carboxylic acids is 2. The van der Waals surface area contributed by atoms with Crippen LogP contribution >= 0.6 is 0 Å². The molecule has 2 amide bonds. The smallest absolute Gasteiger partial charge is 0.261 e. The van der Waals surface area contributed by atoms with Crippen LogP contribution in [0.3, 0.4) is 0 Å². The lowest BCUT2D eigenvalue weighted by Crippen LogP contribution is -2.29. The van der Waals surface area contributed by atoms with Crippen molar-refractivity contribution in [3.8, 4) is 0 Å². The Morgan fingerprint density at radius 2 is 1.46 bits per heavy atom. The predicted octanol–water partition coefficient (Wildman–Crippen LogP) is 3.74. The van der Waals surface area contributed by atoms with E-state index in [0.29, 0.717) is 35.7 Å². The van der Waals surface area contributed by atoms with Gasteiger partial charge in [-0.25, -0.2) is 4.68 Å². The topological polar surface area (TPSA) is 89.7 Å². The molecule has 3 aromatic carbocycles. The Hall–Kier alpha value is -4.59. The fraction of sp³-hybridized carbons (Fsp3) is 0.148. The number of carbonyl (C=O) groups is 2. The molecular formula is C27H23N5O3. The van der Waals surface area contributed by atoms with Gasteiger partial charge in [0.1, 0.15) is 18.0 Å². The van der Waals surface area contributed by atoms with Crippen molar-refractivity contribution in [2.75, 3.05) is 6.61 Å². The summed E-state index contributed by atoms with van der Waals surface area (Å²) < 4.78 is 1.62. The van der Waals surface area contributed by atoms with Gasteiger partial charge in [-0.2, -0.15) is 0 Å². The number of amides is 2. The van der Waals surface area contributed by atoms with Crippen molar-refractivity contribution in [2.24, 2.45) is 5.16 Å². The number of hydrogen-bond donors (Lipinski definition) is 0. The van der Waals surface area contributed by atoms with Gasteiger partial charge in [-0.15, -0.1) is 5.10 Å². The van der Waals surface area contributed by atoms with E-state index in [2.05, 4.69) is 27.6 Å². The molecule has 0 aliphatic carbocycles. The number of aromatic nitrogens is 3. The summed E-state index contributed by atoms with van der Waals surface area (Å²) in [6.45, 7) is 0.824. The first-order valence-corrected chi connectivity index (χ1v) is 11.3. The third kappa shape index (κ3) is 5.01. The molecule has 35 heavy (non-hydrogen) atoms. The average molecular weight is 466 g/mol. The summed E-state index contributed by atoms with van der Waals surface area (Å²) in [6, 6.07) is 26.6. The summed E-state index contributed by atoms with van der Waals surface area (Å²) in [6.07, 6.45) is 2.46. The van der Waals surface area contributed by atoms with E-state index >= 15 is 0 Å². The zero-order valence-electron chi connectivity index (χ0n) is 18.9. The highest BCUT2D eigenvalue weighted by atomic mass is 16.6. The summed E-state index contributed by atoms with van der Waals surface area (Å²) in [5, 5.41) is 12.7. The molecule has 1 aromatic heterocycles. The van der Waals surface area contributed by atoms with Crippen molar-refractivity contribution in [1.82, 2.24) is 19.9 Å². The van der Waals surface area contributed by atoms with Crippen LogP contribution in [0, 0.1) is 0 Å². The second-order valence-electron chi connectivity index (χ2n) is 8.12. The van der Waals surface area contributed by atoms with Gasteiger partial charge in [0.25, 0.3) is 11.8 Å². The first-order chi connectivity index (χ1) is 17.2. The third-order valence-electron chi connectivity index (χ3n) is 5.70. The first-order valence-electron chi connectivity index (χ1n) is 11.3. The van der Waals surface area contributed by atoms with Crippen LogP contribution in [0.1, 0.15) is 37.5 Å². The Bertz CT molecular complexity index is 1330. The van der Waals surface area contributed by atoms with Crippen LogP contribution < -0.4 is 0 Å². The van der Waals surface area contributed by atoms with Crippen molar-refractivity contribution in [1.29, 1.82) is 0 Å². The molecule has 1 aliphatic heterocycles. The van der Waals surface area contributed by atoms with E-state index in [9.17, 15) is 9.59 Å². The predicted molar refractivity (Wildman–Crippen MR) is 130 cm³/mol. The number of oxime groups is 1. The molecule has 0 atom stereocenters. The van der Waals surface area contributed by atoms with E-state index in [-0.39, 0.29) is 18.4 Å². The molecule has 8 nitrogen and oxygen atoms in total. The number of imide groups is 1. The largest absolute Gasteiger partial charge is 0.395 e. The molecular weight excluding hydrogens is 442 g/mol. The highest BCUT2D eigenvalue weighted by Gasteiger charge is 2.35. The number of fused-ring (bicyclic) bond motifs is 1. The molecule has 0 bridgehead atoms. The minimum Gasteiger partial charge on any atom is -0.395 e. The van der Waals surface area contributed by atoms with Crippen LogP contribution in [0.2, 0.25) is 0 Å². The van der Waals surface area contributed by atoms with Crippen molar-refractivity contribution >= 4 is 17.5 Å². The summed E-state index contributed by atoms with van der Waals surface area (Å²) in [5.41, 5.74) is 4.11. The molecule has 4 aromatic rings. The van der Waals surface area contributed by atoms with Gasteiger partial charge in [0.15, 0.2) is 0 Å². The van der Waals surface area contributed by atoms with Crippen LogP contribution in [0.25, 0.3) is 0 Å². The van der Waals surface area contributed by atoms with E-state index in [1.807, 2.05) is 48.5 Å². The van der Waals surface area contributed by atoms with Crippen LogP contribution in [-0.2, 0) is 24.3 Å². The molecule has 0 unspecified atom stereocenters. The molecule has 0 fully saturated rings. The van der Waals surface area contributed by atoms with E-state index in [1.165, 1.54) is 10.5 Å². The van der Waals surface area contributed by atoms with Crippen molar-refractivity contribution < 1.29 is 14.4 Å². The van der Waals surface area contributed by atoms with Crippen LogP contribution in [0.15, 0.2) is 96.3 Å². The number of rotatable bonds is 9. The van der Waals surface area contributed by atoms with Crippen LogP contribution in [-0.4, -0.2) is 44.0 Å². The van der Waals surface area contributed by atoms with Gasteiger partial charge in [0.05, 0.1) is 30.4 Å². The number of benzene rings is 3. The van der Waals surface area contributed by atoms with Gasteiger partial charge < -0.3 is 4.84 Å². The normalized spacial score (nSPS) is 13.3. The lowest BCUT2D eigenvalue weighted by atomic mass is 10.1. The Labute approximate surface area is 202 Å². The maximum absolute atomic E-state index is 12.6. The van der Waals surface area contributed by atoms with E-state index in [4.69, 9.17) is 4.84 Å². The lowest BCUT2D eigenvalue weighted by Gasteiger charge is -2.11. The molecule has 0 spiro atoms. The van der Waals surface area contributed by atoms with Gasteiger partial charge in [-0.05, 0) is 17.7 Å². The second kappa shape index (κ2) is 10.1. The molecule has 174 valence electrons. The minimum absolute atomic E-state index is 0.0533. The molecule has 0 radical (unpaired) electrons. The second-order valence-corrected chi connectivity index (χ2v) is 8.12. The first kappa shape index (κ1) is 22.2. The highest BCUT2D eigenvalue weighted by Crippen LogP contribution is 2.23. The molecule has 5 rings (SSSR count). The number of nitrogens with zero attached hydrogens (tertiary/aromatic N) is 5. The van der Waals surface area contributed by atoms with Crippen molar-refractivity contribution in [3.05, 3.63) is 119 Å². The number of hydrogen-bond acceptors (Lipinski definition) is 6. The fourth-order valence-corrected chi connectivity index (χ4v) is 3.92. The van der Waals surface area contributed by atoms with E-state index < -0.39 is 0 Å². The van der Waals surface area contributed by atoms with Crippen molar-refractivity contribution in [2.45, 2.75) is 19.5 Å². The van der Waals surface area contributed by atoms with Crippen LogP contribution in [0.5, 0.6) is 0 Å². The SMILES string of the molecule is O=C1c2ccccc2C(=O)N1Cc1cn(C/C(=N\OCCc2ccccc2)c2ccccc2)nn1.